The maximum Gasteiger partial charge on any atom is 0.253 e. The minimum absolute atomic E-state index is 0.0514. The van der Waals surface area contributed by atoms with E-state index < -0.39 is 16.6 Å². The van der Waals surface area contributed by atoms with Crippen molar-refractivity contribution in [3.8, 4) is 0 Å². The third-order valence-electron chi connectivity index (χ3n) is 5.92. The minimum Gasteiger partial charge on any atom is -0.455 e. The van der Waals surface area contributed by atoms with E-state index in [9.17, 15) is 9.59 Å². The summed E-state index contributed by atoms with van der Waals surface area (Å²) in [5.41, 5.74) is 2.99. The zero-order valence-electron chi connectivity index (χ0n) is 22.1. The molecule has 0 radical (unpaired) electrons. The molecule has 0 aliphatic carbocycles. The summed E-state index contributed by atoms with van der Waals surface area (Å²) >= 11 is 0. The van der Waals surface area contributed by atoms with Gasteiger partial charge in [-0.2, -0.15) is 0 Å². The Labute approximate surface area is 212 Å². The summed E-state index contributed by atoms with van der Waals surface area (Å²) in [4.78, 5) is 25.0. The van der Waals surface area contributed by atoms with Gasteiger partial charge < -0.3 is 25.4 Å². The predicted molar refractivity (Wildman–Crippen MR) is 152 cm³/mol. The molecule has 2 rings (SSSR count). The summed E-state index contributed by atoms with van der Waals surface area (Å²) in [7, 11) is -0.0657. The number of rotatable bonds is 14. The van der Waals surface area contributed by atoms with Crippen molar-refractivity contribution in [3.05, 3.63) is 59.7 Å². The van der Waals surface area contributed by atoms with Crippen LogP contribution < -0.4 is 21.3 Å². The van der Waals surface area contributed by atoms with Crippen LogP contribution >= 0.6 is 0 Å². The van der Waals surface area contributed by atoms with E-state index in [4.69, 9.17) is 4.12 Å². The Hall–Kier alpha value is -2.63. The van der Waals surface area contributed by atoms with Gasteiger partial charge in [-0.15, -0.1) is 0 Å². The first-order chi connectivity index (χ1) is 16.6. The Bertz CT molecular complexity index is 905. The Morgan fingerprint density at radius 3 is 1.43 bits per heavy atom. The number of carbonyl (C=O) groups excluding carboxylic acids is 2. The first-order valence-electron chi connectivity index (χ1n) is 12.4. The van der Waals surface area contributed by atoms with Crippen LogP contribution in [-0.2, 0) is 4.12 Å². The molecule has 2 amide bonds. The highest BCUT2D eigenvalue weighted by molar-refractivity contribution is 6.84. The number of anilines is 2. The van der Waals surface area contributed by atoms with E-state index in [1.54, 1.807) is 0 Å². The van der Waals surface area contributed by atoms with Gasteiger partial charge in [-0.05, 0) is 75.4 Å². The monoisotopic (exact) mass is 514 g/mol. The molecule has 0 aromatic heterocycles. The van der Waals surface area contributed by atoms with Gasteiger partial charge in [-0.3, -0.25) is 9.59 Å². The summed E-state index contributed by atoms with van der Waals surface area (Å²) in [5.74, 6) is -0.103. The Balaban J connectivity index is 1.72. The summed E-state index contributed by atoms with van der Waals surface area (Å²) < 4.78 is 6.71. The van der Waals surface area contributed by atoms with Gasteiger partial charge in [0.25, 0.3) is 11.8 Å². The van der Waals surface area contributed by atoms with Crippen LogP contribution in [0.4, 0.5) is 11.4 Å². The van der Waals surface area contributed by atoms with Gasteiger partial charge in [0.05, 0.1) is 11.1 Å². The Morgan fingerprint density at radius 1 is 0.686 bits per heavy atom. The van der Waals surface area contributed by atoms with Crippen molar-refractivity contribution in [2.24, 2.45) is 0 Å². The molecule has 0 fully saturated rings. The average molecular weight is 515 g/mol. The van der Waals surface area contributed by atoms with Crippen LogP contribution in [-0.4, -0.2) is 55.6 Å². The van der Waals surface area contributed by atoms with E-state index in [1.807, 2.05) is 62.6 Å². The zero-order chi connectivity index (χ0) is 25.9. The highest BCUT2D eigenvalue weighted by Crippen LogP contribution is 2.24. The third kappa shape index (κ3) is 9.50. The van der Waals surface area contributed by atoms with Crippen LogP contribution in [0.25, 0.3) is 0 Å². The molecule has 0 aliphatic rings. The summed E-state index contributed by atoms with van der Waals surface area (Å²) in [6, 6.07) is 17.0. The second-order valence-corrected chi connectivity index (χ2v) is 18.8. The molecule has 0 spiro atoms. The lowest BCUT2D eigenvalue weighted by Gasteiger charge is -2.34. The fourth-order valence-electron chi connectivity index (χ4n) is 4.27. The fourth-order valence-corrected chi connectivity index (χ4v) is 13.1. The van der Waals surface area contributed by atoms with E-state index in [1.165, 1.54) is 0 Å². The summed E-state index contributed by atoms with van der Waals surface area (Å²) in [6.07, 6.45) is 1.80. The van der Waals surface area contributed by atoms with Crippen LogP contribution in [0.1, 0.15) is 33.6 Å². The molecule has 0 heterocycles. The van der Waals surface area contributed by atoms with Crippen LogP contribution in [0.15, 0.2) is 48.5 Å². The number of hydrogen-bond donors (Lipinski definition) is 4. The first kappa shape index (κ1) is 28.6. The van der Waals surface area contributed by atoms with Gasteiger partial charge in [0.2, 0.25) is 0 Å². The number of amides is 2. The standard InChI is InChI=1S/C26H42N4O3Si2/c1-27-23-15-9-7-13-21(23)25(31)29-17-11-19-34(3,4)33-35(5,6)20-12-18-30-26(32)22-14-8-10-16-24(22)28-2/h7-10,13-16,27-28H,11-12,17-20H2,1-6H3,(H,29,31)(H,30,32). The molecule has 0 aliphatic heterocycles. The lowest BCUT2D eigenvalue weighted by molar-refractivity contribution is 0.0946. The molecule has 0 saturated heterocycles. The molecule has 0 unspecified atom stereocenters. The lowest BCUT2D eigenvalue weighted by Crippen LogP contribution is -2.45. The van der Waals surface area contributed by atoms with Crippen molar-refractivity contribution in [3.63, 3.8) is 0 Å². The number of nitrogens with one attached hydrogen (secondary N) is 4. The van der Waals surface area contributed by atoms with E-state index in [2.05, 4.69) is 47.5 Å². The highest BCUT2D eigenvalue weighted by Gasteiger charge is 2.32. The molecule has 2 aromatic carbocycles. The van der Waals surface area contributed by atoms with Crippen LogP contribution in [0.3, 0.4) is 0 Å². The molecular formula is C26H42N4O3Si2. The predicted octanol–water partition coefficient (Wildman–Crippen LogP) is 5.14. The number of hydrogen-bond acceptors (Lipinski definition) is 5. The fraction of sp³-hybridized carbons (Fsp3) is 0.462. The molecule has 9 heteroatoms. The SMILES string of the molecule is CNc1ccccc1C(=O)NCCC[Si](C)(C)O[Si](C)(C)CCCNC(=O)c1ccccc1NC. The first-order valence-corrected chi connectivity index (χ1v) is 18.6. The zero-order valence-corrected chi connectivity index (χ0v) is 24.1. The second kappa shape index (κ2) is 13.5. The van der Waals surface area contributed by atoms with E-state index >= 15 is 0 Å². The van der Waals surface area contributed by atoms with Crippen molar-refractivity contribution in [1.29, 1.82) is 0 Å². The summed E-state index contributed by atoms with van der Waals surface area (Å²) in [6.45, 7) is 10.3. The smallest absolute Gasteiger partial charge is 0.253 e. The molecule has 2 aromatic rings. The van der Waals surface area contributed by atoms with Crippen molar-refractivity contribution < 1.29 is 13.7 Å². The van der Waals surface area contributed by atoms with Crippen molar-refractivity contribution in [1.82, 2.24) is 10.6 Å². The van der Waals surface area contributed by atoms with Gasteiger partial charge in [0.15, 0.2) is 16.6 Å². The minimum atomic E-state index is -1.85. The maximum atomic E-state index is 12.5. The number of para-hydroxylation sites is 2. The van der Waals surface area contributed by atoms with Crippen LogP contribution in [0.5, 0.6) is 0 Å². The van der Waals surface area contributed by atoms with Crippen molar-refractivity contribution in [2.75, 3.05) is 37.8 Å². The molecular weight excluding hydrogens is 472 g/mol. The second-order valence-electron chi connectivity index (χ2n) is 9.93. The molecule has 0 bridgehead atoms. The normalized spacial score (nSPS) is 11.6. The Kier molecular flexibility index (Phi) is 11.0. The van der Waals surface area contributed by atoms with Crippen molar-refractivity contribution >= 4 is 39.8 Å². The van der Waals surface area contributed by atoms with E-state index in [-0.39, 0.29) is 11.8 Å². The highest BCUT2D eigenvalue weighted by atomic mass is 28.4. The maximum absolute atomic E-state index is 12.5. The van der Waals surface area contributed by atoms with Gasteiger partial charge in [-0.1, -0.05) is 24.3 Å². The number of carbonyl (C=O) groups is 2. The van der Waals surface area contributed by atoms with Crippen LogP contribution in [0, 0.1) is 0 Å². The van der Waals surface area contributed by atoms with Crippen LogP contribution in [0.2, 0.25) is 38.3 Å². The largest absolute Gasteiger partial charge is 0.455 e. The quantitative estimate of drug-likeness (QED) is 0.207. The van der Waals surface area contributed by atoms with E-state index in [0.717, 1.165) is 36.3 Å². The molecule has 0 atom stereocenters. The molecule has 0 saturated carbocycles. The molecule has 7 nitrogen and oxygen atoms in total. The van der Waals surface area contributed by atoms with Gasteiger partial charge in [0.1, 0.15) is 0 Å². The average Bonchev–Trinajstić information content (AvgIpc) is 2.83. The van der Waals surface area contributed by atoms with E-state index in [0.29, 0.717) is 24.2 Å². The number of benzene rings is 2. The third-order valence-corrected chi connectivity index (χ3v) is 13.5. The molecule has 4 N–H and O–H groups in total. The molecule has 192 valence electrons. The lowest BCUT2D eigenvalue weighted by atomic mass is 10.1. The Morgan fingerprint density at radius 2 is 1.06 bits per heavy atom. The molecule has 35 heavy (non-hydrogen) atoms. The topological polar surface area (TPSA) is 91.5 Å². The van der Waals surface area contributed by atoms with Gasteiger partial charge in [0, 0.05) is 38.6 Å². The van der Waals surface area contributed by atoms with Gasteiger partial charge >= 0.3 is 0 Å². The van der Waals surface area contributed by atoms with Crippen molar-refractivity contribution in [2.45, 2.75) is 51.1 Å². The van der Waals surface area contributed by atoms with Gasteiger partial charge in [-0.25, -0.2) is 0 Å². The summed E-state index contributed by atoms with van der Waals surface area (Å²) in [5, 5.41) is 12.2.